The van der Waals surface area contributed by atoms with Crippen LogP contribution in [0.2, 0.25) is 0 Å². The van der Waals surface area contributed by atoms with Crippen LogP contribution in [0.3, 0.4) is 0 Å². The van der Waals surface area contributed by atoms with Crippen molar-refractivity contribution in [1.82, 2.24) is 4.90 Å². The fraction of sp³-hybridized carbons (Fsp3) is 0.308. The maximum absolute atomic E-state index is 11.8. The van der Waals surface area contributed by atoms with Gasteiger partial charge in [-0.1, -0.05) is 19.1 Å². The lowest BCUT2D eigenvalue weighted by molar-refractivity contribution is -0.113. The smallest absolute Gasteiger partial charge is 0.164 e. The number of halogens is 1. The van der Waals surface area contributed by atoms with Crippen molar-refractivity contribution in [3.8, 4) is 0 Å². The van der Waals surface area contributed by atoms with Crippen molar-refractivity contribution in [3.05, 3.63) is 39.6 Å². The number of allylic oxidation sites excluding steroid dienone is 1. The first-order chi connectivity index (χ1) is 7.54. The zero-order valence-corrected chi connectivity index (χ0v) is 12.0. The van der Waals surface area contributed by atoms with Crippen LogP contribution in [0, 0.1) is 3.57 Å². The third kappa shape index (κ3) is 3.63. The number of carbonyl (C=O) groups excluding carboxylic acids is 1. The van der Waals surface area contributed by atoms with E-state index >= 15 is 0 Å². The van der Waals surface area contributed by atoms with Gasteiger partial charge in [0, 0.05) is 35.9 Å². The summed E-state index contributed by atoms with van der Waals surface area (Å²) in [5.74, 6) is 0.176. The molecule has 0 spiro atoms. The van der Waals surface area contributed by atoms with E-state index in [0.29, 0.717) is 6.42 Å². The van der Waals surface area contributed by atoms with Crippen molar-refractivity contribution in [1.29, 1.82) is 0 Å². The Bertz CT molecular complexity index is 393. The Morgan fingerprint density at radius 2 is 1.88 bits per heavy atom. The second-order valence-corrected chi connectivity index (χ2v) is 5.04. The molecule has 0 aliphatic carbocycles. The van der Waals surface area contributed by atoms with Crippen LogP contribution < -0.4 is 0 Å². The third-order valence-electron chi connectivity index (χ3n) is 2.16. The Kier molecular flexibility index (Phi) is 4.99. The largest absolute Gasteiger partial charge is 0.383 e. The van der Waals surface area contributed by atoms with Gasteiger partial charge in [0.2, 0.25) is 0 Å². The van der Waals surface area contributed by atoms with Gasteiger partial charge in [-0.3, -0.25) is 4.79 Å². The summed E-state index contributed by atoms with van der Waals surface area (Å²) in [6, 6.07) is 8.01. The van der Waals surface area contributed by atoms with Gasteiger partial charge < -0.3 is 4.90 Å². The van der Waals surface area contributed by atoms with Gasteiger partial charge in [-0.2, -0.15) is 0 Å². The molecule has 3 heteroatoms. The van der Waals surface area contributed by atoms with Crippen molar-refractivity contribution in [2.45, 2.75) is 13.3 Å². The Hall–Kier alpha value is -0.840. The molecule has 0 bridgehead atoms. The molecule has 0 saturated carbocycles. The summed E-state index contributed by atoms with van der Waals surface area (Å²) in [4.78, 5) is 13.7. The van der Waals surface area contributed by atoms with E-state index in [4.69, 9.17) is 0 Å². The number of ketones is 1. The minimum absolute atomic E-state index is 0.176. The highest BCUT2D eigenvalue weighted by Crippen LogP contribution is 2.18. The van der Waals surface area contributed by atoms with Crippen molar-refractivity contribution in [3.63, 3.8) is 0 Å². The highest BCUT2D eigenvalue weighted by atomic mass is 127. The molecule has 2 nitrogen and oxygen atoms in total. The van der Waals surface area contributed by atoms with Gasteiger partial charge in [-0.25, -0.2) is 0 Å². The second-order valence-electron chi connectivity index (χ2n) is 3.79. The number of rotatable bonds is 4. The van der Waals surface area contributed by atoms with Gasteiger partial charge >= 0.3 is 0 Å². The fourth-order valence-electron chi connectivity index (χ4n) is 1.39. The summed E-state index contributed by atoms with van der Waals surface area (Å²) in [6.07, 6.45) is 2.42. The second kappa shape index (κ2) is 6.03. The number of hydrogen-bond donors (Lipinski definition) is 0. The third-order valence-corrected chi connectivity index (χ3v) is 2.88. The van der Waals surface area contributed by atoms with E-state index in [1.54, 1.807) is 0 Å². The van der Waals surface area contributed by atoms with E-state index in [0.717, 1.165) is 11.1 Å². The topological polar surface area (TPSA) is 20.3 Å². The van der Waals surface area contributed by atoms with Crippen LogP contribution in [0.15, 0.2) is 30.5 Å². The van der Waals surface area contributed by atoms with Gasteiger partial charge in [0.15, 0.2) is 5.78 Å². The summed E-state index contributed by atoms with van der Waals surface area (Å²) in [6.45, 7) is 1.89. The van der Waals surface area contributed by atoms with E-state index in [1.165, 1.54) is 3.57 Å². The Balaban J connectivity index is 3.11. The van der Waals surface area contributed by atoms with Crippen LogP contribution >= 0.6 is 22.6 Å². The summed E-state index contributed by atoms with van der Waals surface area (Å²) in [5.41, 5.74) is 1.77. The number of benzene rings is 1. The zero-order valence-electron chi connectivity index (χ0n) is 9.83. The van der Waals surface area contributed by atoms with E-state index in [2.05, 4.69) is 22.6 Å². The Morgan fingerprint density at radius 1 is 1.31 bits per heavy atom. The minimum Gasteiger partial charge on any atom is -0.383 e. The average molecular weight is 329 g/mol. The highest BCUT2D eigenvalue weighted by Gasteiger charge is 2.10. The molecule has 0 atom stereocenters. The van der Waals surface area contributed by atoms with Crippen molar-refractivity contribution in [2.75, 3.05) is 14.1 Å². The average Bonchev–Trinajstić information content (AvgIpc) is 2.26. The number of carbonyl (C=O) groups is 1. The van der Waals surface area contributed by atoms with Crippen LogP contribution in [0.25, 0.3) is 5.57 Å². The molecule has 0 N–H and O–H groups in total. The predicted octanol–water partition coefficient (Wildman–Crippen LogP) is 3.17. The van der Waals surface area contributed by atoms with E-state index in [9.17, 15) is 4.79 Å². The number of hydrogen-bond acceptors (Lipinski definition) is 2. The maximum atomic E-state index is 11.8. The lowest BCUT2D eigenvalue weighted by atomic mass is 10.0. The van der Waals surface area contributed by atoms with E-state index < -0.39 is 0 Å². The molecule has 0 amide bonds. The molecular weight excluding hydrogens is 313 g/mol. The molecule has 0 fully saturated rings. The minimum atomic E-state index is 0.176. The van der Waals surface area contributed by atoms with Gasteiger partial charge in [-0.15, -0.1) is 0 Å². The van der Waals surface area contributed by atoms with Crippen molar-refractivity contribution in [2.24, 2.45) is 0 Å². The van der Waals surface area contributed by atoms with Crippen LogP contribution in [-0.4, -0.2) is 24.8 Å². The molecule has 0 radical (unpaired) electrons. The molecule has 0 aromatic heterocycles. The molecule has 0 heterocycles. The fourth-order valence-corrected chi connectivity index (χ4v) is 1.75. The molecule has 16 heavy (non-hydrogen) atoms. The summed E-state index contributed by atoms with van der Waals surface area (Å²) in [7, 11) is 3.85. The lowest BCUT2D eigenvalue weighted by Gasteiger charge is -2.11. The van der Waals surface area contributed by atoms with Crippen molar-refractivity contribution < 1.29 is 4.79 Å². The summed E-state index contributed by atoms with van der Waals surface area (Å²) in [5, 5.41) is 0. The number of nitrogens with zero attached hydrogens (tertiary/aromatic N) is 1. The van der Waals surface area contributed by atoms with Gasteiger partial charge in [-0.05, 0) is 40.3 Å². The molecule has 1 rings (SSSR count). The molecule has 0 unspecified atom stereocenters. The molecule has 0 aliphatic rings. The first kappa shape index (κ1) is 13.2. The molecule has 0 saturated heterocycles. The van der Waals surface area contributed by atoms with E-state index in [-0.39, 0.29) is 5.78 Å². The van der Waals surface area contributed by atoms with Crippen LogP contribution in [-0.2, 0) is 4.79 Å². The predicted molar refractivity (Wildman–Crippen MR) is 76.1 cm³/mol. The highest BCUT2D eigenvalue weighted by molar-refractivity contribution is 14.1. The van der Waals surface area contributed by atoms with Gasteiger partial charge in [0.25, 0.3) is 0 Å². The first-order valence-corrected chi connectivity index (χ1v) is 6.30. The Labute approximate surface area is 110 Å². The lowest BCUT2D eigenvalue weighted by Crippen LogP contribution is -2.08. The van der Waals surface area contributed by atoms with E-state index in [1.807, 2.05) is 56.4 Å². The summed E-state index contributed by atoms with van der Waals surface area (Å²) < 4.78 is 1.18. The van der Waals surface area contributed by atoms with Gasteiger partial charge in [0.1, 0.15) is 0 Å². The normalized spacial score (nSPS) is 11.4. The maximum Gasteiger partial charge on any atom is 0.164 e. The van der Waals surface area contributed by atoms with Crippen LogP contribution in [0.1, 0.15) is 18.9 Å². The quantitative estimate of drug-likeness (QED) is 0.625. The first-order valence-electron chi connectivity index (χ1n) is 5.22. The van der Waals surface area contributed by atoms with Crippen LogP contribution in [0.4, 0.5) is 0 Å². The SMILES string of the molecule is CCC(=O)/C(=C/N(C)C)c1ccc(I)cc1. The van der Waals surface area contributed by atoms with Crippen molar-refractivity contribution >= 4 is 33.9 Å². The molecule has 86 valence electrons. The Morgan fingerprint density at radius 3 is 2.31 bits per heavy atom. The molecular formula is C13H16INO. The molecule has 1 aromatic carbocycles. The molecule has 0 aliphatic heterocycles. The molecule has 1 aromatic rings. The number of Topliss-reactive ketones (excluding diaryl/α,β-unsaturated/α-hetero) is 1. The zero-order chi connectivity index (χ0) is 12.1. The summed E-state index contributed by atoms with van der Waals surface area (Å²) >= 11 is 2.26. The van der Waals surface area contributed by atoms with Gasteiger partial charge in [0.05, 0.1) is 0 Å². The monoisotopic (exact) mass is 329 g/mol. The van der Waals surface area contributed by atoms with Crippen LogP contribution in [0.5, 0.6) is 0 Å². The standard InChI is InChI=1S/C13H16INO/c1-4-13(16)12(9-15(2)3)10-5-7-11(14)8-6-10/h5-9H,4H2,1-3H3/b12-9+.